The molecule has 3 aromatic rings. The maximum atomic E-state index is 13.3. The van der Waals surface area contributed by atoms with Crippen molar-refractivity contribution in [1.82, 2.24) is 15.0 Å². The third kappa shape index (κ3) is 3.81. The summed E-state index contributed by atoms with van der Waals surface area (Å²) in [5, 5.41) is 4.13. The van der Waals surface area contributed by atoms with Crippen molar-refractivity contribution in [2.45, 2.75) is 25.3 Å². The molecule has 0 saturated carbocycles. The van der Waals surface area contributed by atoms with Gasteiger partial charge in [0, 0.05) is 12.1 Å². The quantitative estimate of drug-likeness (QED) is 0.649. The first-order valence-corrected chi connectivity index (χ1v) is 9.63. The first-order chi connectivity index (χ1) is 14.2. The lowest BCUT2D eigenvalue weighted by Crippen LogP contribution is -2.38. The Bertz CT molecular complexity index is 1000. The van der Waals surface area contributed by atoms with Gasteiger partial charge in [0.25, 0.3) is 5.91 Å². The van der Waals surface area contributed by atoms with E-state index in [-0.39, 0.29) is 11.9 Å². The van der Waals surface area contributed by atoms with Gasteiger partial charge in [-0.25, -0.2) is 0 Å². The van der Waals surface area contributed by atoms with Crippen LogP contribution in [0.15, 0.2) is 53.1 Å². The summed E-state index contributed by atoms with van der Waals surface area (Å²) in [6, 6.07) is 14.5. The number of amides is 1. The molecule has 0 aliphatic carbocycles. The zero-order valence-electron chi connectivity index (χ0n) is 16.5. The number of carbonyl (C=O) groups excluding carboxylic acids is 1. The number of benzene rings is 2. The molecule has 0 N–H and O–H groups in total. The predicted octanol–water partition coefficient (Wildman–Crippen LogP) is 4.12. The Balaban J connectivity index is 1.63. The van der Waals surface area contributed by atoms with Crippen LogP contribution in [0.4, 0.5) is 0 Å². The highest BCUT2D eigenvalue weighted by molar-refractivity contribution is 5.97. The van der Waals surface area contributed by atoms with Crippen LogP contribution in [0, 0.1) is 0 Å². The molecule has 1 amide bonds. The molecule has 1 fully saturated rings. The smallest absolute Gasteiger partial charge is 0.258 e. The van der Waals surface area contributed by atoms with Crippen LogP contribution in [0.1, 0.15) is 41.6 Å². The first kappa shape index (κ1) is 19.0. The number of likely N-dealkylation sites (tertiary alicyclic amines) is 1. The summed E-state index contributed by atoms with van der Waals surface area (Å²) in [6.07, 6.45) is 2.71. The molecule has 2 heterocycles. The molecule has 29 heavy (non-hydrogen) atoms. The van der Waals surface area contributed by atoms with E-state index < -0.39 is 0 Å². The Morgan fingerprint density at radius 1 is 1.10 bits per heavy atom. The van der Waals surface area contributed by atoms with Gasteiger partial charge in [-0.2, -0.15) is 4.98 Å². The van der Waals surface area contributed by atoms with Crippen LogP contribution in [0.3, 0.4) is 0 Å². The number of ether oxygens (including phenoxy) is 2. The number of hydrogen-bond donors (Lipinski definition) is 0. The van der Waals surface area contributed by atoms with Crippen LogP contribution in [-0.4, -0.2) is 41.7 Å². The highest BCUT2D eigenvalue weighted by atomic mass is 16.5. The molecule has 4 rings (SSSR count). The van der Waals surface area contributed by atoms with Gasteiger partial charge in [-0.3, -0.25) is 4.79 Å². The third-order valence-corrected chi connectivity index (χ3v) is 5.16. The topological polar surface area (TPSA) is 77.7 Å². The predicted molar refractivity (Wildman–Crippen MR) is 107 cm³/mol. The molecule has 1 atom stereocenters. The molecule has 2 aromatic carbocycles. The lowest BCUT2D eigenvalue weighted by atomic mass is 10.0. The zero-order chi connectivity index (χ0) is 20.2. The Labute approximate surface area is 169 Å². The van der Waals surface area contributed by atoms with E-state index in [0.717, 1.165) is 30.6 Å². The van der Waals surface area contributed by atoms with Crippen molar-refractivity contribution < 1.29 is 18.8 Å². The molecule has 1 aliphatic heterocycles. The molecule has 0 spiro atoms. The second kappa shape index (κ2) is 8.34. The maximum Gasteiger partial charge on any atom is 0.258 e. The van der Waals surface area contributed by atoms with Crippen molar-refractivity contribution >= 4 is 5.91 Å². The number of rotatable bonds is 5. The van der Waals surface area contributed by atoms with Crippen molar-refractivity contribution in [2.75, 3.05) is 20.8 Å². The minimum absolute atomic E-state index is 0.0896. The van der Waals surface area contributed by atoms with Crippen molar-refractivity contribution in [3.8, 4) is 22.9 Å². The zero-order valence-corrected chi connectivity index (χ0v) is 16.5. The van der Waals surface area contributed by atoms with Gasteiger partial charge in [-0.1, -0.05) is 29.4 Å². The van der Waals surface area contributed by atoms with E-state index in [1.807, 2.05) is 41.3 Å². The van der Waals surface area contributed by atoms with Gasteiger partial charge in [0.05, 0.1) is 19.8 Å². The molecule has 1 unspecified atom stereocenters. The molecule has 7 nitrogen and oxygen atoms in total. The Kier molecular flexibility index (Phi) is 5.46. The lowest BCUT2D eigenvalue weighted by Gasteiger charge is -2.33. The van der Waals surface area contributed by atoms with Crippen LogP contribution < -0.4 is 9.47 Å². The number of methoxy groups -OCH3 is 2. The van der Waals surface area contributed by atoms with Crippen LogP contribution >= 0.6 is 0 Å². The second-order valence-corrected chi connectivity index (χ2v) is 6.90. The normalized spacial score (nSPS) is 16.5. The largest absolute Gasteiger partial charge is 0.497 e. The van der Waals surface area contributed by atoms with Gasteiger partial charge >= 0.3 is 0 Å². The van der Waals surface area contributed by atoms with Gasteiger partial charge in [0.15, 0.2) is 0 Å². The maximum absolute atomic E-state index is 13.3. The highest BCUT2D eigenvalue weighted by Crippen LogP contribution is 2.34. The number of aromatic nitrogens is 2. The molecule has 0 radical (unpaired) electrons. The number of para-hydroxylation sites is 1. The minimum Gasteiger partial charge on any atom is -0.497 e. The average Bonchev–Trinajstić information content (AvgIpc) is 3.29. The van der Waals surface area contributed by atoms with Crippen LogP contribution in [0.25, 0.3) is 11.4 Å². The summed E-state index contributed by atoms with van der Waals surface area (Å²) < 4.78 is 16.2. The fourth-order valence-corrected chi connectivity index (χ4v) is 3.66. The van der Waals surface area contributed by atoms with E-state index in [1.54, 1.807) is 26.4 Å². The summed E-state index contributed by atoms with van der Waals surface area (Å²) in [4.78, 5) is 19.7. The van der Waals surface area contributed by atoms with Gasteiger partial charge < -0.3 is 18.9 Å². The van der Waals surface area contributed by atoms with Crippen molar-refractivity contribution in [3.05, 3.63) is 60.0 Å². The van der Waals surface area contributed by atoms with Gasteiger partial charge in [0.1, 0.15) is 17.5 Å². The summed E-state index contributed by atoms with van der Waals surface area (Å²) in [5.74, 6) is 2.12. The fourth-order valence-electron chi connectivity index (χ4n) is 3.66. The van der Waals surface area contributed by atoms with E-state index in [2.05, 4.69) is 10.1 Å². The second-order valence-electron chi connectivity index (χ2n) is 6.90. The molecule has 7 heteroatoms. The average molecular weight is 393 g/mol. The van der Waals surface area contributed by atoms with Crippen LogP contribution in [0.2, 0.25) is 0 Å². The van der Waals surface area contributed by atoms with Gasteiger partial charge in [-0.05, 0) is 43.5 Å². The van der Waals surface area contributed by atoms with Gasteiger partial charge in [0.2, 0.25) is 11.7 Å². The van der Waals surface area contributed by atoms with Gasteiger partial charge in [-0.15, -0.1) is 0 Å². The molecule has 150 valence electrons. The Morgan fingerprint density at radius 3 is 2.79 bits per heavy atom. The Hall–Kier alpha value is -3.35. The van der Waals surface area contributed by atoms with Crippen molar-refractivity contribution in [1.29, 1.82) is 0 Å². The van der Waals surface area contributed by atoms with E-state index in [9.17, 15) is 4.79 Å². The molecular formula is C22H23N3O4. The van der Waals surface area contributed by atoms with E-state index in [0.29, 0.717) is 29.6 Å². The molecule has 1 saturated heterocycles. The summed E-state index contributed by atoms with van der Waals surface area (Å²) in [7, 11) is 3.18. The van der Waals surface area contributed by atoms with E-state index >= 15 is 0 Å². The first-order valence-electron chi connectivity index (χ1n) is 9.63. The van der Waals surface area contributed by atoms with E-state index in [1.165, 1.54) is 0 Å². The third-order valence-electron chi connectivity index (χ3n) is 5.16. The standard InChI is InChI=1S/C22H23N3O4/c1-27-16-9-7-8-15(14-16)20-23-21(29-24-20)18-11-5-6-13-25(18)22(26)17-10-3-4-12-19(17)28-2/h3-4,7-10,12,14,18H,5-6,11,13H2,1-2H3. The fraction of sp³-hybridized carbons (Fsp3) is 0.318. The molecule has 1 aromatic heterocycles. The molecular weight excluding hydrogens is 370 g/mol. The molecule has 0 bridgehead atoms. The van der Waals surface area contributed by atoms with Crippen LogP contribution in [0.5, 0.6) is 11.5 Å². The number of nitrogens with zero attached hydrogens (tertiary/aromatic N) is 3. The highest BCUT2D eigenvalue weighted by Gasteiger charge is 2.33. The Morgan fingerprint density at radius 2 is 1.97 bits per heavy atom. The summed E-state index contributed by atoms with van der Waals surface area (Å²) in [6.45, 7) is 0.637. The summed E-state index contributed by atoms with van der Waals surface area (Å²) in [5.41, 5.74) is 1.34. The number of piperidine rings is 1. The lowest BCUT2D eigenvalue weighted by molar-refractivity contribution is 0.0558. The SMILES string of the molecule is COc1cccc(-c2noc(C3CCCCN3C(=O)c3ccccc3OC)n2)c1. The summed E-state index contributed by atoms with van der Waals surface area (Å²) >= 11 is 0. The number of carbonyl (C=O) groups is 1. The number of hydrogen-bond acceptors (Lipinski definition) is 6. The van der Waals surface area contributed by atoms with Crippen molar-refractivity contribution in [3.63, 3.8) is 0 Å². The van der Waals surface area contributed by atoms with E-state index in [4.69, 9.17) is 14.0 Å². The molecule has 1 aliphatic rings. The minimum atomic E-state index is -0.256. The monoisotopic (exact) mass is 393 g/mol. The van der Waals surface area contributed by atoms with Crippen molar-refractivity contribution in [2.24, 2.45) is 0 Å². The van der Waals surface area contributed by atoms with Crippen LogP contribution in [-0.2, 0) is 0 Å².